The highest BCUT2D eigenvalue weighted by atomic mass is 32.2. The molecule has 0 unspecified atom stereocenters. The van der Waals surface area contributed by atoms with Gasteiger partial charge in [0.15, 0.2) is 0 Å². The van der Waals surface area contributed by atoms with Gasteiger partial charge in [-0.25, -0.2) is 5.43 Å². The lowest BCUT2D eigenvalue weighted by Gasteiger charge is -2.04. The molecule has 0 fully saturated rings. The zero-order chi connectivity index (χ0) is 15.7. The van der Waals surface area contributed by atoms with E-state index in [9.17, 15) is 14.9 Å². The van der Waals surface area contributed by atoms with E-state index in [1.54, 1.807) is 11.8 Å². The van der Waals surface area contributed by atoms with Crippen molar-refractivity contribution in [2.24, 2.45) is 5.10 Å². The number of benzene rings is 1. The van der Waals surface area contributed by atoms with Gasteiger partial charge in [-0.1, -0.05) is 25.1 Å². The van der Waals surface area contributed by atoms with Crippen LogP contribution in [0.15, 0.2) is 29.4 Å². The van der Waals surface area contributed by atoms with Crippen molar-refractivity contribution in [3.05, 3.63) is 39.9 Å². The molecular weight excluding hydrogens is 310 g/mol. The van der Waals surface area contributed by atoms with Crippen molar-refractivity contribution in [2.45, 2.75) is 19.8 Å². The lowest BCUT2D eigenvalue weighted by molar-refractivity contribution is -0.384. The van der Waals surface area contributed by atoms with E-state index in [0.29, 0.717) is 5.56 Å². The molecule has 8 heteroatoms. The normalized spacial score (nSPS) is 11.2. The first-order valence-corrected chi connectivity index (χ1v) is 8.58. The Bertz CT molecular complexity index is 518. The standard InChI is InChI=1S/C13H17N3O3S2/c1-3-4-9-21-13(20-2)15-14-12(17)10-5-7-11(8-6-10)16(18)19/h5-8H,3-4,9H2,1-2H3,(H,14,17)/b15-13-. The minimum atomic E-state index is -0.504. The molecule has 0 heterocycles. The van der Waals surface area contributed by atoms with Crippen LogP contribution in [0.25, 0.3) is 0 Å². The highest BCUT2D eigenvalue weighted by Crippen LogP contribution is 2.16. The van der Waals surface area contributed by atoms with E-state index in [1.807, 2.05) is 6.26 Å². The van der Waals surface area contributed by atoms with Crippen LogP contribution in [-0.2, 0) is 0 Å². The summed E-state index contributed by atoms with van der Waals surface area (Å²) in [6.07, 6.45) is 4.11. The number of hydrazone groups is 1. The summed E-state index contributed by atoms with van der Waals surface area (Å²) in [6, 6.07) is 5.41. The minimum Gasteiger partial charge on any atom is -0.267 e. The van der Waals surface area contributed by atoms with Crippen LogP contribution in [-0.4, -0.2) is 27.2 Å². The predicted octanol–water partition coefficient (Wildman–Crippen LogP) is 3.49. The van der Waals surface area contributed by atoms with E-state index in [-0.39, 0.29) is 11.6 Å². The van der Waals surface area contributed by atoms with Crippen LogP contribution < -0.4 is 5.43 Å². The highest BCUT2D eigenvalue weighted by Gasteiger charge is 2.09. The van der Waals surface area contributed by atoms with Crippen LogP contribution in [0, 0.1) is 10.1 Å². The molecule has 0 radical (unpaired) electrons. The Morgan fingerprint density at radius 2 is 2.05 bits per heavy atom. The van der Waals surface area contributed by atoms with E-state index in [1.165, 1.54) is 36.0 Å². The molecule has 1 N–H and O–H groups in total. The first-order chi connectivity index (χ1) is 10.1. The molecule has 0 aromatic heterocycles. The molecule has 0 aliphatic heterocycles. The molecule has 1 amide bonds. The summed E-state index contributed by atoms with van der Waals surface area (Å²) in [4.78, 5) is 21.9. The molecule has 0 saturated heterocycles. The molecular formula is C13H17N3O3S2. The number of carbonyl (C=O) groups excluding carboxylic acids is 1. The second-order valence-corrected chi connectivity index (χ2v) is 6.17. The highest BCUT2D eigenvalue weighted by molar-refractivity contribution is 8.38. The molecule has 0 aliphatic carbocycles. The largest absolute Gasteiger partial charge is 0.271 e. The lowest BCUT2D eigenvalue weighted by atomic mass is 10.2. The van der Waals surface area contributed by atoms with Crippen molar-refractivity contribution < 1.29 is 9.72 Å². The van der Waals surface area contributed by atoms with E-state index in [4.69, 9.17) is 0 Å². The molecule has 21 heavy (non-hydrogen) atoms. The average molecular weight is 327 g/mol. The number of hydrogen-bond donors (Lipinski definition) is 1. The number of amides is 1. The number of nitro benzene ring substituents is 1. The van der Waals surface area contributed by atoms with Gasteiger partial charge < -0.3 is 0 Å². The molecule has 114 valence electrons. The number of non-ortho nitro benzene ring substituents is 1. The van der Waals surface area contributed by atoms with Crippen LogP contribution in [0.2, 0.25) is 0 Å². The summed E-state index contributed by atoms with van der Waals surface area (Å²) in [7, 11) is 0. The first-order valence-electron chi connectivity index (χ1n) is 6.37. The van der Waals surface area contributed by atoms with Crippen LogP contribution in [0.5, 0.6) is 0 Å². The Hall–Kier alpha value is -1.54. The third-order valence-electron chi connectivity index (χ3n) is 2.49. The summed E-state index contributed by atoms with van der Waals surface area (Å²) >= 11 is 3.07. The van der Waals surface area contributed by atoms with Gasteiger partial charge in [-0.2, -0.15) is 5.10 Å². The smallest absolute Gasteiger partial charge is 0.267 e. The van der Waals surface area contributed by atoms with Gasteiger partial charge in [0.1, 0.15) is 4.38 Å². The lowest BCUT2D eigenvalue weighted by Crippen LogP contribution is -2.18. The van der Waals surface area contributed by atoms with Gasteiger partial charge in [0.2, 0.25) is 0 Å². The van der Waals surface area contributed by atoms with Crippen LogP contribution in [0.1, 0.15) is 30.1 Å². The first kappa shape index (κ1) is 17.5. The van der Waals surface area contributed by atoms with E-state index in [2.05, 4.69) is 17.5 Å². The topological polar surface area (TPSA) is 84.6 Å². The number of hydrogen-bond acceptors (Lipinski definition) is 6. The van der Waals surface area contributed by atoms with E-state index < -0.39 is 4.92 Å². The van der Waals surface area contributed by atoms with Crippen molar-refractivity contribution >= 4 is 39.5 Å². The Morgan fingerprint density at radius 3 is 2.57 bits per heavy atom. The molecule has 0 saturated carbocycles. The number of thioether (sulfide) groups is 2. The molecule has 0 atom stereocenters. The number of nitro groups is 1. The van der Waals surface area contributed by atoms with Crippen molar-refractivity contribution in [1.82, 2.24) is 5.43 Å². The maximum Gasteiger partial charge on any atom is 0.271 e. The third-order valence-corrected chi connectivity index (χ3v) is 4.61. The zero-order valence-electron chi connectivity index (χ0n) is 11.9. The fourth-order valence-electron chi connectivity index (χ4n) is 1.34. The average Bonchev–Trinajstić information content (AvgIpc) is 2.50. The number of unbranched alkanes of at least 4 members (excludes halogenated alkanes) is 1. The summed E-state index contributed by atoms with van der Waals surface area (Å²) < 4.78 is 0.790. The Labute approximate surface area is 131 Å². The van der Waals surface area contributed by atoms with Gasteiger partial charge in [-0.15, -0.1) is 11.8 Å². The number of rotatable bonds is 6. The number of nitrogens with zero attached hydrogens (tertiary/aromatic N) is 2. The summed E-state index contributed by atoms with van der Waals surface area (Å²) in [6.45, 7) is 2.12. The maximum atomic E-state index is 11.9. The van der Waals surface area contributed by atoms with Gasteiger partial charge in [-0.05, 0) is 24.8 Å². The molecule has 6 nitrogen and oxygen atoms in total. The van der Waals surface area contributed by atoms with Gasteiger partial charge in [-0.3, -0.25) is 14.9 Å². The minimum absolute atomic E-state index is 0.0463. The Kier molecular flexibility index (Phi) is 7.84. The summed E-state index contributed by atoms with van der Waals surface area (Å²) in [5.41, 5.74) is 2.75. The number of carbonyl (C=O) groups is 1. The van der Waals surface area contributed by atoms with Gasteiger partial charge in [0.25, 0.3) is 11.6 Å². The van der Waals surface area contributed by atoms with Crippen molar-refractivity contribution in [3.8, 4) is 0 Å². The summed E-state index contributed by atoms with van der Waals surface area (Å²) in [5, 5.41) is 14.6. The molecule has 0 bridgehead atoms. The monoisotopic (exact) mass is 327 g/mol. The fourth-order valence-corrected chi connectivity index (χ4v) is 2.91. The van der Waals surface area contributed by atoms with Crippen molar-refractivity contribution in [3.63, 3.8) is 0 Å². The second-order valence-electron chi connectivity index (χ2n) is 4.03. The fraction of sp³-hybridized carbons (Fsp3) is 0.385. The quantitative estimate of drug-likeness (QED) is 0.284. The van der Waals surface area contributed by atoms with E-state index in [0.717, 1.165) is 23.0 Å². The van der Waals surface area contributed by atoms with E-state index >= 15 is 0 Å². The van der Waals surface area contributed by atoms with Gasteiger partial charge >= 0.3 is 0 Å². The Morgan fingerprint density at radius 1 is 1.38 bits per heavy atom. The molecule has 1 aromatic rings. The summed E-state index contributed by atoms with van der Waals surface area (Å²) in [5.74, 6) is 0.580. The van der Waals surface area contributed by atoms with Crippen LogP contribution in [0.3, 0.4) is 0 Å². The number of nitrogens with one attached hydrogen (secondary N) is 1. The van der Waals surface area contributed by atoms with Gasteiger partial charge in [0.05, 0.1) is 4.92 Å². The molecule has 1 rings (SSSR count). The Balaban J connectivity index is 2.60. The second kappa shape index (κ2) is 9.41. The van der Waals surface area contributed by atoms with Crippen molar-refractivity contribution in [2.75, 3.05) is 12.0 Å². The SMILES string of the molecule is CCCCS/C(=N\NC(=O)c1ccc([N+](=O)[O-])cc1)SC. The van der Waals surface area contributed by atoms with Crippen molar-refractivity contribution in [1.29, 1.82) is 0 Å². The zero-order valence-corrected chi connectivity index (χ0v) is 13.5. The predicted molar refractivity (Wildman–Crippen MR) is 88.9 cm³/mol. The van der Waals surface area contributed by atoms with Gasteiger partial charge in [0, 0.05) is 23.4 Å². The molecule has 0 spiro atoms. The molecule has 0 aliphatic rings. The third kappa shape index (κ3) is 6.17. The molecule has 1 aromatic carbocycles. The maximum absolute atomic E-state index is 11.9. The van der Waals surface area contributed by atoms with Crippen LogP contribution >= 0.6 is 23.5 Å². The van der Waals surface area contributed by atoms with Crippen LogP contribution in [0.4, 0.5) is 5.69 Å².